The first-order chi connectivity index (χ1) is 12.3. The zero-order chi connectivity index (χ0) is 17.5. The van der Waals surface area contributed by atoms with E-state index >= 15 is 0 Å². The summed E-state index contributed by atoms with van der Waals surface area (Å²) in [5.74, 6) is 1.69. The van der Waals surface area contributed by atoms with Gasteiger partial charge in [-0.3, -0.25) is 4.79 Å². The molecule has 1 heterocycles. The maximum Gasteiger partial charge on any atom is 0.257 e. The molecule has 3 rings (SSSR count). The molecule has 0 bridgehead atoms. The highest BCUT2D eigenvalue weighted by Gasteiger charge is 2.18. The average molecular weight is 346 g/mol. The van der Waals surface area contributed by atoms with Gasteiger partial charge >= 0.3 is 0 Å². The third kappa shape index (κ3) is 4.74. The molecule has 0 spiro atoms. The van der Waals surface area contributed by atoms with Crippen LogP contribution in [0.25, 0.3) is 11.0 Å². The van der Waals surface area contributed by atoms with Crippen molar-refractivity contribution in [1.29, 1.82) is 0 Å². The molecule has 1 amide bonds. The summed E-state index contributed by atoms with van der Waals surface area (Å²) in [4.78, 5) is 11.8. The number of rotatable bonds is 9. The lowest BCUT2D eigenvalue weighted by molar-refractivity contribution is -0.123. The third-order valence-corrected chi connectivity index (χ3v) is 4.40. The van der Waals surface area contributed by atoms with Crippen molar-refractivity contribution in [3.05, 3.63) is 29.5 Å². The van der Waals surface area contributed by atoms with Crippen molar-refractivity contribution in [2.75, 3.05) is 40.0 Å². The quantitative estimate of drug-likeness (QED) is 0.680. The number of carbonyl (C=O) groups excluding carboxylic acids is 1. The standard InChI is InChI=1S/C19H26N2O4/c1-23-11-10-20-8-9-21-19(22)13-24-14-6-7-18-16(12-14)15-4-2-3-5-17(15)25-18/h6-7,12,20H,2-5,8-11,13H2,1H3,(H,21,22). The number of nitrogens with one attached hydrogen (secondary N) is 2. The van der Waals surface area contributed by atoms with E-state index in [4.69, 9.17) is 13.9 Å². The second kappa shape index (κ2) is 8.87. The van der Waals surface area contributed by atoms with Gasteiger partial charge in [0.25, 0.3) is 5.91 Å². The van der Waals surface area contributed by atoms with Crippen LogP contribution in [0, 0.1) is 0 Å². The lowest BCUT2D eigenvalue weighted by Gasteiger charge is -2.10. The van der Waals surface area contributed by atoms with Crippen molar-refractivity contribution in [3.8, 4) is 5.75 Å². The van der Waals surface area contributed by atoms with Crippen LogP contribution in [0.15, 0.2) is 22.6 Å². The van der Waals surface area contributed by atoms with Crippen molar-refractivity contribution in [3.63, 3.8) is 0 Å². The molecule has 0 unspecified atom stereocenters. The van der Waals surface area contributed by atoms with Gasteiger partial charge in [0.2, 0.25) is 0 Å². The maximum atomic E-state index is 11.8. The molecule has 1 aromatic heterocycles. The number of ether oxygens (including phenoxy) is 2. The number of aryl methyl sites for hydroxylation is 2. The topological polar surface area (TPSA) is 72.7 Å². The van der Waals surface area contributed by atoms with Gasteiger partial charge in [-0.15, -0.1) is 0 Å². The zero-order valence-corrected chi connectivity index (χ0v) is 14.7. The van der Waals surface area contributed by atoms with Crippen LogP contribution >= 0.6 is 0 Å². The molecule has 2 aromatic rings. The number of hydrogen-bond donors (Lipinski definition) is 2. The molecule has 0 saturated heterocycles. The van der Waals surface area contributed by atoms with Gasteiger partial charge in [0.15, 0.2) is 6.61 Å². The Balaban J connectivity index is 1.47. The highest BCUT2D eigenvalue weighted by Crippen LogP contribution is 2.33. The van der Waals surface area contributed by atoms with E-state index in [0.717, 1.165) is 36.1 Å². The molecule has 2 N–H and O–H groups in total. The summed E-state index contributed by atoms with van der Waals surface area (Å²) in [6, 6.07) is 5.78. The summed E-state index contributed by atoms with van der Waals surface area (Å²) in [5, 5.41) is 7.12. The molecule has 25 heavy (non-hydrogen) atoms. The van der Waals surface area contributed by atoms with Crippen LogP contribution < -0.4 is 15.4 Å². The van der Waals surface area contributed by atoms with Crippen LogP contribution in [-0.2, 0) is 22.4 Å². The fourth-order valence-electron chi connectivity index (χ4n) is 3.12. The normalized spacial score (nSPS) is 13.6. The number of methoxy groups -OCH3 is 1. The Kier molecular flexibility index (Phi) is 6.30. The van der Waals surface area contributed by atoms with Gasteiger partial charge in [0.05, 0.1) is 6.61 Å². The Morgan fingerprint density at radius 2 is 2.08 bits per heavy atom. The van der Waals surface area contributed by atoms with Crippen LogP contribution in [0.1, 0.15) is 24.2 Å². The van der Waals surface area contributed by atoms with Gasteiger partial charge in [-0.1, -0.05) is 0 Å². The van der Waals surface area contributed by atoms with E-state index in [2.05, 4.69) is 10.6 Å². The molecule has 0 saturated carbocycles. The summed E-state index contributed by atoms with van der Waals surface area (Å²) in [6.07, 6.45) is 4.47. The summed E-state index contributed by atoms with van der Waals surface area (Å²) >= 11 is 0. The number of carbonyl (C=O) groups is 1. The minimum Gasteiger partial charge on any atom is -0.484 e. The lowest BCUT2D eigenvalue weighted by Crippen LogP contribution is -2.35. The molecule has 1 aromatic carbocycles. The molecule has 6 nitrogen and oxygen atoms in total. The molecular weight excluding hydrogens is 320 g/mol. The van der Waals surface area contributed by atoms with E-state index in [1.807, 2.05) is 18.2 Å². The van der Waals surface area contributed by atoms with E-state index in [1.54, 1.807) is 7.11 Å². The molecular formula is C19H26N2O4. The van der Waals surface area contributed by atoms with E-state index in [1.165, 1.54) is 18.4 Å². The highest BCUT2D eigenvalue weighted by atomic mass is 16.5. The van der Waals surface area contributed by atoms with E-state index in [9.17, 15) is 4.79 Å². The summed E-state index contributed by atoms with van der Waals surface area (Å²) in [5.41, 5.74) is 2.21. The van der Waals surface area contributed by atoms with Crippen LogP contribution in [0.3, 0.4) is 0 Å². The van der Waals surface area contributed by atoms with Crippen molar-refractivity contribution < 1.29 is 18.7 Å². The summed E-state index contributed by atoms with van der Waals surface area (Å²) < 4.78 is 16.5. The Morgan fingerprint density at radius 3 is 2.96 bits per heavy atom. The van der Waals surface area contributed by atoms with Crippen molar-refractivity contribution in [2.45, 2.75) is 25.7 Å². The SMILES string of the molecule is COCCNCCNC(=O)COc1ccc2oc3c(c2c1)CCCC3. The van der Waals surface area contributed by atoms with Gasteiger partial charge in [-0.05, 0) is 37.5 Å². The molecule has 0 atom stereocenters. The highest BCUT2D eigenvalue weighted by molar-refractivity contribution is 5.84. The van der Waals surface area contributed by atoms with Gasteiger partial charge in [-0.2, -0.15) is 0 Å². The monoisotopic (exact) mass is 346 g/mol. The van der Waals surface area contributed by atoms with Gasteiger partial charge in [0.1, 0.15) is 17.1 Å². The van der Waals surface area contributed by atoms with Crippen molar-refractivity contribution in [2.24, 2.45) is 0 Å². The third-order valence-electron chi connectivity index (χ3n) is 4.40. The number of benzene rings is 1. The first-order valence-electron chi connectivity index (χ1n) is 8.91. The Morgan fingerprint density at radius 1 is 1.20 bits per heavy atom. The van der Waals surface area contributed by atoms with Crippen molar-refractivity contribution >= 4 is 16.9 Å². The molecule has 1 aliphatic rings. The van der Waals surface area contributed by atoms with Crippen LogP contribution in [0.4, 0.5) is 0 Å². The predicted molar refractivity (Wildman–Crippen MR) is 96.1 cm³/mol. The van der Waals surface area contributed by atoms with Crippen LogP contribution in [0.5, 0.6) is 5.75 Å². The number of amides is 1. The van der Waals surface area contributed by atoms with Crippen molar-refractivity contribution in [1.82, 2.24) is 10.6 Å². The predicted octanol–water partition coefficient (Wildman–Crippen LogP) is 2.04. The van der Waals surface area contributed by atoms with Gasteiger partial charge in [0, 0.05) is 44.1 Å². The number of furan rings is 1. The average Bonchev–Trinajstić information content (AvgIpc) is 3.01. The Bertz CT molecular complexity index is 711. The fraction of sp³-hybridized carbons (Fsp3) is 0.526. The number of fused-ring (bicyclic) bond motifs is 3. The van der Waals surface area contributed by atoms with Crippen LogP contribution in [-0.4, -0.2) is 45.9 Å². The summed E-state index contributed by atoms with van der Waals surface area (Å²) in [7, 11) is 1.66. The molecule has 6 heteroatoms. The first-order valence-corrected chi connectivity index (χ1v) is 8.91. The van der Waals surface area contributed by atoms with Crippen LogP contribution in [0.2, 0.25) is 0 Å². The molecule has 0 aliphatic heterocycles. The molecule has 0 radical (unpaired) electrons. The Labute approximate surface area is 147 Å². The maximum absolute atomic E-state index is 11.8. The second-order valence-corrected chi connectivity index (χ2v) is 6.25. The smallest absolute Gasteiger partial charge is 0.257 e. The number of hydrogen-bond acceptors (Lipinski definition) is 5. The first kappa shape index (κ1) is 17.8. The fourth-order valence-corrected chi connectivity index (χ4v) is 3.12. The van der Waals surface area contributed by atoms with Gasteiger partial charge in [-0.25, -0.2) is 0 Å². The zero-order valence-electron chi connectivity index (χ0n) is 14.7. The van der Waals surface area contributed by atoms with E-state index in [0.29, 0.717) is 25.4 Å². The largest absolute Gasteiger partial charge is 0.484 e. The minimum atomic E-state index is -0.122. The molecule has 0 fully saturated rings. The second-order valence-electron chi connectivity index (χ2n) is 6.25. The van der Waals surface area contributed by atoms with E-state index < -0.39 is 0 Å². The minimum absolute atomic E-state index is 0.0175. The molecule has 1 aliphatic carbocycles. The molecule has 136 valence electrons. The summed E-state index contributed by atoms with van der Waals surface area (Å²) in [6.45, 7) is 2.74. The Hall–Kier alpha value is -2.05. The van der Waals surface area contributed by atoms with Gasteiger partial charge < -0.3 is 24.5 Å². The lowest BCUT2D eigenvalue weighted by atomic mass is 9.96. The van der Waals surface area contributed by atoms with E-state index in [-0.39, 0.29) is 12.5 Å².